The van der Waals surface area contributed by atoms with E-state index in [0.717, 1.165) is 25.7 Å². The van der Waals surface area contributed by atoms with Crippen LogP contribution in [0.5, 0.6) is 0 Å². The van der Waals surface area contributed by atoms with Crippen molar-refractivity contribution in [2.75, 3.05) is 13.2 Å². The third-order valence-corrected chi connectivity index (χ3v) is 1.58. The Kier molecular flexibility index (Phi) is 12.7. The molecule has 0 heterocycles. The normalized spacial score (nSPS) is 7.18. The fourth-order valence-electron chi connectivity index (χ4n) is 0.777. The molecule has 0 saturated heterocycles. The van der Waals surface area contributed by atoms with Crippen LogP contribution in [-0.2, 0) is 4.74 Å². The standard InChI is InChI=1S/C16H18O/c1-3-5-7-9-11-13-15-17-16-14-12-10-8-6-4-2/h3-6,15-16H2,1-2H3. The highest BCUT2D eigenvalue weighted by Gasteiger charge is 1.75. The molecule has 0 amide bonds. The molecule has 0 aromatic carbocycles. The van der Waals surface area contributed by atoms with Crippen molar-refractivity contribution in [1.29, 1.82) is 0 Å². The summed E-state index contributed by atoms with van der Waals surface area (Å²) in [5.74, 6) is 22.5. The predicted octanol–water partition coefficient (Wildman–Crippen LogP) is 2.62. The fourth-order valence-corrected chi connectivity index (χ4v) is 0.777. The van der Waals surface area contributed by atoms with Gasteiger partial charge in [0.25, 0.3) is 0 Å². The lowest BCUT2D eigenvalue weighted by Gasteiger charge is -1.87. The van der Waals surface area contributed by atoms with Gasteiger partial charge in [0, 0.05) is 12.8 Å². The van der Waals surface area contributed by atoms with Crippen molar-refractivity contribution < 1.29 is 4.74 Å². The van der Waals surface area contributed by atoms with Crippen molar-refractivity contribution in [2.45, 2.75) is 39.5 Å². The molecular formula is C16H18O. The number of rotatable bonds is 4. The van der Waals surface area contributed by atoms with Gasteiger partial charge in [-0.1, -0.05) is 37.5 Å². The Morgan fingerprint density at radius 2 is 1.06 bits per heavy atom. The Morgan fingerprint density at radius 1 is 0.647 bits per heavy atom. The third kappa shape index (κ3) is 14.2. The highest BCUT2D eigenvalue weighted by atomic mass is 16.5. The lowest BCUT2D eigenvalue weighted by atomic mass is 10.3. The highest BCUT2D eigenvalue weighted by molar-refractivity contribution is 5.26. The molecule has 0 bridgehead atoms. The minimum Gasteiger partial charge on any atom is -0.356 e. The molecule has 0 rings (SSSR count). The van der Waals surface area contributed by atoms with E-state index in [-0.39, 0.29) is 0 Å². The summed E-state index contributed by atoms with van der Waals surface area (Å²) >= 11 is 0. The van der Waals surface area contributed by atoms with Crippen LogP contribution in [0.15, 0.2) is 0 Å². The van der Waals surface area contributed by atoms with Gasteiger partial charge in [-0.3, -0.25) is 0 Å². The monoisotopic (exact) mass is 226 g/mol. The molecule has 88 valence electrons. The van der Waals surface area contributed by atoms with E-state index in [9.17, 15) is 0 Å². The molecule has 0 unspecified atom stereocenters. The molecule has 0 aliphatic carbocycles. The molecule has 0 aromatic rings. The molecule has 0 atom stereocenters. The predicted molar refractivity (Wildman–Crippen MR) is 71.7 cm³/mol. The molecule has 0 aliphatic heterocycles. The molecule has 0 saturated carbocycles. The molecule has 1 nitrogen and oxygen atoms in total. The minimum atomic E-state index is 0.373. The maximum atomic E-state index is 5.16. The molecule has 0 radical (unpaired) electrons. The van der Waals surface area contributed by atoms with Gasteiger partial charge in [-0.05, 0) is 36.5 Å². The molecule has 0 spiro atoms. The summed E-state index contributed by atoms with van der Waals surface area (Å²) in [5, 5.41) is 0. The van der Waals surface area contributed by atoms with Crippen LogP contribution in [0.4, 0.5) is 0 Å². The molecular weight excluding hydrogens is 208 g/mol. The minimum absolute atomic E-state index is 0.373. The van der Waals surface area contributed by atoms with Crippen LogP contribution >= 0.6 is 0 Å². The molecule has 0 aliphatic rings. The SMILES string of the molecule is CCCC#CC#CCOCC#CC#CCCC. The molecule has 0 N–H and O–H groups in total. The van der Waals surface area contributed by atoms with Crippen LogP contribution in [0.2, 0.25) is 0 Å². The van der Waals surface area contributed by atoms with E-state index in [1.807, 2.05) is 0 Å². The van der Waals surface area contributed by atoms with Crippen LogP contribution in [0.25, 0.3) is 0 Å². The first-order valence-corrected chi connectivity index (χ1v) is 5.91. The molecule has 1 heteroatoms. The van der Waals surface area contributed by atoms with Crippen LogP contribution in [0.1, 0.15) is 39.5 Å². The molecule has 17 heavy (non-hydrogen) atoms. The van der Waals surface area contributed by atoms with E-state index in [1.165, 1.54) is 0 Å². The van der Waals surface area contributed by atoms with Crippen molar-refractivity contribution >= 4 is 0 Å². The first-order valence-electron chi connectivity index (χ1n) is 5.91. The summed E-state index contributed by atoms with van der Waals surface area (Å²) in [4.78, 5) is 0. The smallest absolute Gasteiger partial charge is 0.110 e. The van der Waals surface area contributed by atoms with E-state index < -0.39 is 0 Å². The number of hydrogen-bond donors (Lipinski definition) is 0. The second-order valence-electron chi connectivity index (χ2n) is 3.20. The van der Waals surface area contributed by atoms with Gasteiger partial charge < -0.3 is 4.74 Å². The Morgan fingerprint density at radius 3 is 1.47 bits per heavy atom. The van der Waals surface area contributed by atoms with Gasteiger partial charge in [0.05, 0.1) is 0 Å². The number of hydrogen-bond acceptors (Lipinski definition) is 1. The Labute approximate surface area is 105 Å². The third-order valence-electron chi connectivity index (χ3n) is 1.58. The van der Waals surface area contributed by atoms with Gasteiger partial charge in [0.15, 0.2) is 0 Å². The Bertz CT molecular complexity index is 373. The van der Waals surface area contributed by atoms with E-state index in [0.29, 0.717) is 13.2 Å². The Hall–Kier alpha value is -1.80. The van der Waals surface area contributed by atoms with Gasteiger partial charge in [-0.25, -0.2) is 0 Å². The van der Waals surface area contributed by atoms with Crippen LogP contribution in [-0.4, -0.2) is 13.2 Å². The lowest BCUT2D eigenvalue weighted by Crippen LogP contribution is -1.90. The van der Waals surface area contributed by atoms with Crippen molar-refractivity contribution in [2.24, 2.45) is 0 Å². The summed E-state index contributed by atoms with van der Waals surface area (Å²) in [5.41, 5.74) is 0. The number of unbranched alkanes of at least 4 members (excludes halogenated alkanes) is 2. The Balaban J connectivity index is 3.53. The van der Waals surface area contributed by atoms with Crippen molar-refractivity contribution in [3.05, 3.63) is 0 Å². The largest absolute Gasteiger partial charge is 0.356 e. The second kappa shape index (κ2) is 14.2. The van der Waals surface area contributed by atoms with Crippen LogP contribution < -0.4 is 0 Å². The maximum absolute atomic E-state index is 5.16. The van der Waals surface area contributed by atoms with Crippen molar-refractivity contribution in [3.63, 3.8) is 0 Å². The van der Waals surface area contributed by atoms with Gasteiger partial charge in [0.1, 0.15) is 13.2 Å². The fraction of sp³-hybridized carbons (Fsp3) is 0.500. The van der Waals surface area contributed by atoms with Crippen molar-refractivity contribution in [3.8, 4) is 47.4 Å². The first-order chi connectivity index (χ1) is 8.41. The van der Waals surface area contributed by atoms with E-state index >= 15 is 0 Å². The van der Waals surface area contributed by atoms with Gasteiger partial charge in [0.2, 0.25) is 0 Å². The van der Waals surface area contributed by atoms with Crippen LogP contribution in [0.3, 0.4) is 0 Å². The zero-order valence-electron chi connectivity index (χ0n) is 10.7. The maximum Gasteiger partial charge on any atom is 0.110 e. The average molecular weight is 226 g/mol. The van der Waals surface area contributed by atoms with E-state index in [2.05, 4.69) is 61.2 Å². The first kappa shape index (κ1) is 15.2. The van der Waals surface area contributed by atoms with Gasteiger partial charge in [-0.15, -0.1) is 0 Å². The summed E-state index contributed by atoms with van der Waals surface area (Å²) < 4.78 is 5.16. The second-order valence-corrected chi connectivity index (χ2v) is 3.20. The average Bonchev–Trinajstić information content (AvgIpc) is 2.35. The van der Waals surface area contributed by atoms with Gasteiger partial charge in [-0.2, -0.15) is 0 Å². The number of ether oxygens (including phenoxy) is 1. The van der Waals surface area contributed by atoms with Gasteiger partial charge >= 0.3 is 0 Å². The lowest BCUT2D eigenvalue weighted by molar-refractivity contribution is 0.204. The summed E-state index contributed by atoms with van der Waals surface area (Å²) in [6.45, 7) is 4.93. The van der Waals surface area contributed by atoms with E-state index in [4.69, 9.17) is 4.74 Å². The summed E-state index contributed by atoms with van der Waals surface area (Å²) in [6.07, 6.45) is 3.94. The van der Waals surface area contributed by atoms with E-state index in [1.54, 1.807) is 0 Å². The van der Waals surface area contributed by atoms with Crippen molar-refractivity contribution in [1.82, 2.24) is 0 Å². The quantitative estimate of drug-likeness (QED) is 0.529. The van der Waals surface area contributed by atoms with Crippen LogP contribution in [0, 0.1) is 47.4 Å². The topological polar surface area (TPSA) is 9.23 Å². The molecule has 0 fully saturated rings. The summed E-state index contributed by atoms with van der Waals surface area (Å²) in [7, 11) is 0. The summed E-state index contributed by atoms with van der Waals surface area (Å²) in [6, 6.07) is 0. The molecule has 0 aromatic heterocycles. The zero-order valence-corrected chi connectivity index (χ0v) is 10.7. The zero-order chi connectivity index (χ0) is 12.6. The highest BCUT2D eigenvalue weighted by Crippen LogP contribution is 1.80.